The van der Waals surface area contributed by atoms with Gasteiger partial charge in [-0.2, -0.15) is 0 Å². The van der Waals surface area contributed by atoms with Crippen molar-refractivity contribution in [3.8, 4) is 11.4 Å². The molecule has 0 bridgehead atoms. The van der Waals surface area contributed by atoms with E-state index < -0.39 is 5.82 Å². The standard InChI is InChI=1S/C24H23FN4O2.2ClH/c1-27-9-8-22-21(14-27)20-6-5-18(11-23(20)28(22)2)29-10-7-19(12-24(29)30)31-15-17-4-3-16(25)13-26-17;;/h3-7,10-13H,8-9,14-15H2,1-2H3;2*1H. The zero-order valence-electron chi connectivity index (χ0n) is 18.3. The van der Waals surface area contributed by atoms with E-state index in [1.54, 1.807) is 22.9 Å². The van der Waals surface area contributed by atoms with Gasteiger partial charge in [-0.05, 0) is 42.9 Å². The lowest BCUT2D eigenvalue weighted by molar-refractivity contribution is 0.300. The minimum Gasteiger partial charge on any atom is -0.487 e. The highest BCUT2D eigenvalue weighted by Crippen LogP contribution is 2.31. The molecule has 1 aliphatic heterocycles. The van der Waals surface area contributed by atoms with E-state index in [4.69, 9.17) is 4.74 Å². The lowest BCUT2D eigenvalue weighted by Crippen LogP contribution is -2.26. The number of aryl methyl sites for hydroxylation is 1. The third kappa shape index (κ3) is 4.76. The number of nitrogens with zero attached hydrogens (tertiary/aromatic N) is 4. The van der Waals surface area contributed by atoms with Gasteiger partial charge in [0.15, 0.2) is 0 Å². The van der Waals surface area contributed by atoms with E-state index in [0.29, 0.717) is 11.4 Å². The van der Waals surface area contributed by atoms with Crippen LogP contribution < -0.4 is 10.3 Å². The van der Waals surface area contributed by atoms with Crippen LogP contribution in [-0.4, -0.2) is 32.6 Å². The molecule has 5 rings (SSSR count). The van der Waals surface area contributed by atoms with Gasteiger partial charge < -0.3 is 14.2 Å². The van der Waals surface area contributed by atoms with Gasteiger partial charge in [0, 0.05) is 49.9 Å². The van der Waals surface area contributed by atoms with Crippen molar-refractivity contribution in [2.24, 2.45) is 7.05 Å². The first kappa shape index (κ1) is 24.8. The Morgan fingerprint density at radius 3 is 2.64 bits per heavy atom. The Balaban J connectivity index is 0.00000153. The Labute approximate surface area is 203 Å². The Morgan fingerprint density at radius 1 is 1.09 bits per heavy atom. The number of pyridine rings is 2. The van der Waals surface area contributed by atoms with Crippen molar-refractivity contribution in [1.29, 1.82) is 0 Å². The monoisotopic (exact) mass is 490 g/mol. The second kappa shape index (κ2) is 9.95. The summed E-state index contributed by atoms with van der Waals surface area (Å²) in [5.41, 5.74) is 5.11. The number of hydrogen-bond acceptors (Lipinski definition) is 4. The van der Waals surface area contributed by atoms with Crippen molar-refractivity contribution in [3.63, 3.8) is 0 Å². The average Bonchev–Trinajstić information content (AvgIpc) is 3.04. The van der Waals surface area contributed by atoms with Gasteiger partial charge in [-0.3, -0.25) is 14.3 Å². The second-order valence-electron chi connectivity index (χ2n) is 8.00. The van der Waals surface area contributed by atoms with Gasteiger partial charge in [0.1, 0.15) is 18.2 Å². The molecule has 4 aromatic rings. The third-order valence-corrected chi connectivity index (χ3v) is 5.92. The van der Waals surface area contributed by atoms with Crippen LogP contribution in [0.3, 0.4) is 0 Å². The van der Waals surface area contributed by atoms with Gasteiger partial charge in [-0.25, -0.2) is 4.39 Å². The van der Waals surface area contributed by atoms with Gasteiger partial charge in [-0.1, -0.05) is 6.07 Å². The van der Waals surface area contributed by atoms with Crippen LogP contribution in [0.15, 0.2) is 59.7 Å². The summed E-state index contributed by atoms with van der Waals surface area (Å²) in [5.74, 6) is 0.0558. The third-order valence-electron chi connectivity index (χ3n) is 5.92. The van der Waals surface area contributed by atoms with Crippen LogP contribution in [0.4, 0.5) is 4.39 Å². The highest BCUT2D eigenvalue weighted by atomic mass is 35.5. The molecule has 0 saturated heterocycles. The molecule has 33 heavy (non-hydrogen) atoms. The Kier molecular flexibility index (Phi) is 7.47. The van der Waals surface area contributed by atoms with E-state index >= 15 is 0 Å². The first-order chi connectivity index (χ1) is 15.0. The quantitative estimate of drug-likeness (QED) is 0.428. The minimum atomic E-state index is -0.394. The number of benzene rings is 1. The van der Waals surface area contributed by atoms with Crippen molar-refractivity contribution >= 4 is 35.7 Å². The number of aromatic nitrogens is 3. The minimum absolute atomic E-state index is 0. The highest BCUT2D eigenvalue weighted by Gasteiger charge is 2.21. The molecule has 6 nitrogen and oxygen atoms in total. The van der Waals surface area contributed by atoms with Crippen molar-refractivity contribution in [2.45, 2.75) is 19.6 Å². The maximum atomic E-state index is 13.0. The first-order valence-electron chi connectivity index (χ1n) is 10.2. The first-order valence-corrected chi connectivity index (χ1v) is 10.2. The van der Waals surface area contributed by atoms with Crippen LogP contribution in [0, 0.1) is 5.82 Å². The van der Waals surface area contributed by atoms with Gasteiger partial charge >= 0.3 is 0 Å². The fraction of sp³-hybridized carbons (Fsp3) is 0.250. The molecule has 9 heteroatoms. The molecule has 4 heterocycles. The smallest absolute Gasteiger partial charge is 0.258 e. The van der Waals surface area contributed by atoms with Gasteiger partial charge in [0.05, 0.1) is 23.1 Å². The van der Waals surface area contributed by atoms with Crippen LogP contribution in [-0.2, 0) is 26.6 Å². The lowest BCUT2D eigenvalue weighted by Gasteiger charge is -2.23. The number of halogens is 3. The molecule has 0 radical (unpaired) electrons. The lowest BCUT2D eigenvalue weighted by atomic mass is 10.0. The van der Waals surface area contributed by atoms with Crippen LogP contribution in [0.2, 0.25) is 0 Å². The van der Waals surface area contributed by atoms with Crippen molar-refractivity contribution in [3.05, 3.63) is 88.0 Å². The molecular weight excluding hydrogens is 466 g/mol. The average molecular weight is 491 g/mol. The molecule has 3 aromatic heterocycles. The van der Waals surface area contributed by atoms with E-state index in [-0.39, 0.29) is 37.0 Å². The number of likely N-dealkylation sites (N-methyl/N-ethyl adjacent to an activating group) is 1. The second-order valence-corrected chi connectivity index (χ2v) is 8.00. The molecule has 174 valence electrons. The summed E-state index contributed by atoms with van der Waals surface area (Å²) in [6, 6.07) is 12.3. The molecule has 0 atom stereocenters. The maximum Gasteiger partial charge on any atom is 0.258 e. The zero-order valence-corrected chi connectivity index (χ0v) is 20.0. The molecule has 1 aliphatic rings. The molecule has 0 spiro atoms. The van der Waals surface area contributed by atoms with Gasteiger partial charge in [-0.15, -0.1) is 24.8 Å². The Bertz CT molecular complexity index is 1340. The van der Waals surface area contributed by atoms with Gasteiger partial charge in [0.25, 0.3) is 5.56 Å². The number of rotatable bonds is 4. The molecule has 0 aliphatic carbocycles. The predicted octanol–water partition coefficient (Wildman–Crippen LogP) is 4.27. The summed E-state index contributed by atoms with van der Waals surface area (Å²) in [7, 11) is 4.24. The normalized spacial score (nSPS) is 13.2. The van der Waals surface area contributed by atoms with Crippen LogP contribution >= 0.6 is 24.8 Å². The fourth-order valence-corrected chi connectivity index (χ4v) is 4.26. The maximum absolute atomic E-state index is 13.0. The van der Waals surface area contributed by atoms with E-state index in [1.807, 2.05) is 6.07 Å². The molecule has 1 aromatic carbocycles. The molecule has 0 fully saturated rings. The predicted molar refractivity (Wildman–Crippen MR) is 132 cm³/mol. The molecule has 0 amide bonds. The van der Waals surface area contributed by atoms with E-state index in [2.05, 4.69) is 40.7 Å². The summed E-state index contributed by atoms with van der Waals surface area (Å²) < 4.78 is 22.5. The van der Waals surface area contributed by atoms with Crippen molar-refractivity contribution in [2.75, 3.05) is 13.6 Å². The zero-order chi connectivity index (χ0) is 21.5. The topological polar surface area (TPSA) is 52.3 Å². The Morgan fingerprint density at radius 2 is 1.91 bits per heavy atom. The molecule has 0 saturated carbocycles. The summed E-state index contributed by atoms with van der Waals surface area (Å²) in [5, 5.41) is 1.24. The number of fused-ring (bicyclic) bond motifs is 3. The molecule has 0 unspecified atom stereocenters. The highest BCUT2D eigenvalue weighted by molar-refractivity contribution is 5.87. The van der Waals surface area contributed by atoms with Crippen molar-refractivity contribution < 1.29 is 9.13 Å². The van der Waals surface area contributed by atoms with E-state index in [0.717, 1.165) is 36.9 Å². The van der Waals surface area contributed by atoms with Crippen LogP contribution in [0.1, 0.15) is 17.0 Å². The molecular formula is C24H25Cl2FN4O2. The van der Waals surface area contributed by atoms with Gasteiger partial charge in [0.2, 0.25) is 0 Å². The summed E-state index contributed by atoms with van der Waals surface area (Å²) >= 11 is 0. The van der Waals surface area contributed by atoms with Crippen molar-refractivity contribution in [1.82, 2.24) is 19.0 Å². The molecule has 0 N–H and O–H groups in total. The van der Waals surface area contributed by atoms with E-state index in [9.17, 15) is 9.18 Å². The SMILES string of the molecule is CN1CCc2c(c3ccc(-n4ccc(OCc5ccc(F)cn5)cc4=O)cc3n2C)C1.Cl.Cl. The summed E-state index contributed by atoms with van der Waals surface area (Å²) in [6.07, 6.45) is 3.89. The number of hydrogen-bond donors (Lipinski definition) is 0. The van der Waals surface area contributed by atoms with Crippen LogP contribution in [0.25, 0.3) is 16.6 Å². The largest absolute Gasteiger partial charge is 0.487 e. The summed E-state index contributed by atoms with van der Waals surface area (Å²) in [4.78, 5) is 19.1. The Hall–Kier alpha value is -2.87. The van der Waals surface area contributed by atoms with E-state index in [1.165, 1.54) is 28.8 Å². The van der Waals surface area contributed by atoms with Crippen LogP contribution in [0.5, 0.6) is 5.75 Å². The number of ether oxygens (including phenoxy) is 1. The summed E-state index contributed by atoms with van der Waals surface area (Å²) in [6.45, 7) is 2.17. The fourth-order valence-electron chi connectivity index (χ4n) is 4.26.